The first-order valence-electron chi connectivity index (χ1n) is 9.77. The van der Waals surface area contributed by atoms with Gasteiger partial charge in [0.1, 0.15) is 0 Å². The maximum absolute atomic E-state index is 13.0. The monoisotopic (exact) mass is 451 g/mol. The lowest BCUT2D eigenvalue weighted by molar-refractivity contribution is 0.102. The molecule has 1 amide bonds. The number of carbonyl (C=O) groups excluding carboxylic acids is 1. The fourth-order valence-electron chi connectivity index (χ4n) is 3.85. The molecule has 0 spiro atoms. The third kappa shape index (κ3) is 3.38. The minimum atomic E-state index is -0.116. The molecular weight excluding hydrogens is 434 g/mol. The molecule has 0 aliphatic rings. The second-order valence-electron chi connectivity index (χ2n) is 7.20. The molecule has 0 aliphatic heterocycles. The molecule has 0 saturated heterocycles. The average molecular weight is 452 g/mol. The number of carbonyl (C=O) groups is 1. The minimum Gasteiger partial charge on any atom is -0.321 e. The second kappa shape index (κ2) is 7.77. The number of halogens is 1. The summed E-state index contributed by atoms with van der Waals surface area (Å²) in [6.07, 6.45) is 0. The van der Waals surface area contributed by atoms with E-state index >= 15 is 0 Å². The molecule has 0 aliphatic carbocycles. The Morgan fingerprint density at radius 2 is 1.33 bits per heavy atom. The number of amides is 1. The number of hydrogen-bond acceptors (Lipinski definition) is 1. The largest absolute Gasteiger partial charge is 0.321 e. The minimum absolute atomic E-state index is 0.116. The zero-order valence-corrected chi connectivity index (χ0v) is 17.7. The lowest BCUT2D eigenvalue weighted by atomic mass is 9.97. The van der Waals surface area contributed by atoms with Crippen molar-refractivity contribution in [3.63, 3.8) is 0 Å². The van der Waals surface area contributed by atoms with E-state index in [0.29, 0.717) is 5.56 Å². The van der Waals surface area contributed by atoms with Crippen LogP contribution in [0.2, 0.25) is 0 Å². The Hall–Kier alpha value is -3.43. The van der Waals surface area contributed by atoms with Gasteiger partial charge in [-0.15, -0.1) is 0 Å². The molecule has 30 heavy (non-hydrogen) atoms. The van der Waals surface area contributed by atoms with Gasteiger partial charge in [0, 0.05) is 21.3 Å². The van der Waals surface area contributed by atoms with Crippen molar-refractivity contribution in [2.75, 3.05) is 5.32 Å². The van der Waals surface area contributed by atoms with Crippen LogP contribution in [0.5, 0.6) is 0 Å². The van der Waals surface area contributed by atoms with Crippen molar-refractivity contribution in [2.45, 2.75) is 0 Å². The molecule has 1 N–H and O–H groups in total. The van der Waals surface area contributed by atoms with Gasteiger partial charge in [0.25, 0.3) is 5.91 Å². The molecule has 144 valence electrons. The van der Waals surface area contributed by atoms with Gasteiger partial charge in [0.15, 0.2) is 0 Å². The van der Waals surface area contributed by atoms with Gasteiger partial charge in [-0.25, -0.2) is 0 Å². The molecule has 2 nitrogen and oxygen atoms in total. The maximum atomic E-state index is 13.0. The molecule has 0 aromatic heterocycles. The van der Waals surface area contributed by atoms with E-state index in [2.05, 4.69) is 45.5 Å². The zero-order chi connectivity index (χ0) is 20.5. The molecule has 0 atom stereocenters. The Labute approximate surface area is 183 Å². The smallest absolute Gasteiger partial charge is 0.255 e. The van der Waals surface area contributed by atoms with Gasteiger partial charge in [-0.05, 0) is 51.4 Å². The van der Waals surface area contributed by atoms with Crippen molar-refractivity contribution in [1.29, 1.82) is 0 Å². The maximum Gasteiger partial charge on any atom is 0.255 e. The van der Waals surface area contributed by atoms with Crippen LogP contribution in [0.25, 0.3) is 32.7 Å². The molecule has 0 saturated carbocycles. The summed E-state index contributed by atoms with van der Waals surface area (Å²) in [7, 11) is 0. The highest BCUT2D eigenvalue weighted by Crippen LogP contribution is 2.36. The molecule has 0 bridgehead atoms. The molecule has 3 heteroatoms. The third-order valence-electron chi connectivity index (χ3n) is 5.35. The summed E-state index contributed by atoms with van der Waals surface area (Å²) in [5, 5.41) is 7.58. The molecule has 5 aromatic rings. The molecular formula is C27H18BrNO. The van der Waals surface area contributed by atoms with E-state index in [1.807, 2.05) is 78.9 Å². The van der Waals surface area contributed by atoms with Gasteiger partial charge in [0.05, 0.1) is 0 Å². The van der Waals surface area contributed by atoms with Crippen LogP contribution in [0.1, 0.15) is 10.4 Å². The highest BCUT2D eigenvalue weighted by atomic mass is 79.9. The van der Waals surface area contributed by atoms with Gasteiger partial charge in [-0.3, -0.25) is 4.79 Å². The van der Waals surface area contributed by atoms with E-state index in [-0.39, 0.29) is 5.91 Å². The first-order valence-corrected chi connectivity index (χ1v) is 10.6. The number of hydrogen-bond donors (Lipinski definition) is 1. The number of benzene rings is 5. The summed E-state index contributed by atoms with van der Waals surface area (Å²) < 4.78 is 1.06. The van der Waals surface area contributed by atoms with Crippen LogP contribution in [0.3, 0.4) is 0 Å². The Kier molecular flexibility index (Phi) is 4.82. The topological polar surface area (TPSA) is 29.1 Å². The molecule has 0 unspecified atom stereocenters. The molecule has 0 fully saturated rings. The molecule has 5 aromatic carbocycles. The number of nitrogens with one attached hydrogen (secondary N) is 1. The highest BCUT2D eigenvalue weighted by molar-refractivity contribution is 9.10. The van der Waals surface area contributed by atoms with E-state index in [4.69, 9.17) is 0 Å². The first kappa shape index (κ1) is 18.6. The fourth-order valence-corrected chi connectivity index (χ4v) is 4.33. The average Bonchev–Trinajstić information content (AvgIpc) is 2.80. The predicted molar refractivity (Wildman–Crippen MR) is 129 cm³/mol. The molecule has 0 heterocycles. The lowest BCUT2D eigenvalue weighted by Gasteiger charge is -2.14. The predicted octanol–water partition coefficient (Wildman–Crippen LogP) is 7.67. The third-order valence-corrected chi connectivity index (χ3v) is 6.04. The van der Waals surface area contributed by atoms with Gasteiger partial charge >= 0.3 is 0 Å². The van der Waals surface area contributed by atoms with Crippen LogP contribution < -0.4 is 5.32 Å². The SMILES string of the molecule is O=C(Nc1ccccc1-c1ccc(Br)c2ccccc12)c1ccc2ccccc2c1. The zero-order valence-electron chi connectivity index (χ0n) is 16.1. The second-order valence-corrected chi connectivity index (χ2v) is 8.06. The number of para-hydroxylation sites is 1. The van der Waals surface area contributed by atoms with Gasteiger partial charge in [-0.2, -0.15) is 0 Å². The van der Waals surface area contributed by atoms with E-state index in [0.717, 1.165) is 42.8 Å². The van der Waals surface area contributed by atoms with Crippen LogP contribution in [0.4, 0.5) is 5.69 Å². The van der Waals surface area contributed by atoms with Gasteiger partial charge in [-0.1, -0.05) is 94.8 Å². The Morgan fingerprint density at radius 1 is 0.633 bits per heavy atom. The summed E-state index contributed by atoms with van der Waals surface area (Å²) in [5.41, 5.74) is 3.52. The first-order chi connectivity index (χ1) is 14.7. The van der Waals surface area contributed by atoms with E-state index in [9.17, 15) is 4.79 Å². The Morgan fingerprint density at radius 3 is 2.20 bits per heavy atom. The van der Waals surface area contributed by atoms with E-state index in [1.54, 1.807) is 0 Å². The van der Waals surface area contributed by atoms with E-state index < -0.39 is 0 Å². The number of rotatable bonds is 3. The van der Waals surface area contributed by atoms with Crippen molar-refractivity contribution < 1.29 is 4.79 Å². The van der Waals surface area contributed by atoms with E-state index in [1.165, 1.54) is 0 Å². The van der Waals surface area contributed by atoms with Crippen molar-refractivity contribution in [1.82, 2.24) is 0 Å². The fraction of sp³-hybridized carbons (Fsp3) is 0. The van der Waals surface area contributed by atoms with Crippen LogP contribution in [-0.2, 0) is 0 Å². The van der Waals surface area contributed by atoms with Gasteiger partial charge < -0.3 is 5.32 Å². The van der Waals surface area contributed by atoms with Crippen molar-refractivity contribution in [2.24, 2.45) is 0 Å². The Balaban J connectivity index is 1.56. The summed E-state index contributed by atoms with van der Waals surface area (Å²) >= 11 is 3.64. The standard InChI is InChI=1S/C27H18BrNO/c28-25-16-15-22(21-9-3-4-10-23(21)25)24-11-5-6-12-26(24)29-27(30)20-14-13-18-7-1-2-8-19(18)17-20/h1-17H,(H,29,30). The normalized spacial score (nSPS) is 11.0. The molecule has 5 rings (SSSR count). The highest BCUT2D eigenvalue weighted by Gasteiger charge is 2.13. The number of fused-ring (bicyclic) bond motifs is 2. The van der Waals surface area contributed by atoms with Crippen LogP contribution in [-0.4, -0.2) is 5.91 Å². The summed E-state index contributed by atoms with van der Waals surface area (Å²) in [6, 6.07) is 34.2. The summed E-state index contributed by atoms with van der Waals surface area (Å²) in [5.74, 6) is -0.116. The molecule has 0 radical (unpaired) electrons. The van der Waals surface area contributed by atoms with Crippen LogP contribution in [0.15, 0.2) is 108 Å². The van der Waals surface area contributed by atoms with Gasteiger partial charge in [0.2, 0.25) is 0 Å². The van der Waals surface area contributed by atoms with Crippen molar-refractivity contribution in [3.05, 3.63) is 113 Å². The van der Waals surface area contributed by atoms with Crippen molar-refractivity contribution >= 4 is 49.1 Å². The lowest BCUT2D eigenvalue weighted by Crippen LogP contribution is -2.12. The Bertz CT molecular complexity index is 1410. The number of anilines is 1. The van der Waals surface area contributed by atoms with Crippen molar-refractivity contribution in [3.8, 4) is 11.1 Å². The van der Waals surface area contributed by atoms with Crippen LogP contribution in [0, 0.1) is 0 Å². The summed E-state index contributed by atoms with van der Waals surface area (Å²) in [6.45, 7) is 0. The summed E-state index contributed by atoms with van der Waals surface area (Å²) in [4.78, 5) is 13.0. The van der Waals surface area contributed by atoms with Crippen LogP contribution >= 0.6 is 15.9 Å². The quantitative estimate of drug-likeness (QED) is 0.299.